The van der Waals surface area contributed by atoms with Crippen LogP contribution >= 0.6 is 11.6 Å². The molecule has 1 unspecified atom stereocenters. The fraction of sp³-hybridized carbons (Fsp3) is 0.600. The Morgan fingerprint density at radius 3 is 2.39 bits per heavy atom. The Morgan fingerprint density at radius 1 is 1.22 bits per heavy atom. The van der Waals surface area contributed by atoms with Crippen molar-refractivity contribution in [1.29, 1.82) is 0 Å². The van der Waals surface area contributed by atoms with Crippen molar-refractivity contribution < 1.29 is 4.74 Å². The van der Waals surface area contributed by atoms with Gasteiger partial charge in [-0.05, 0) is 36.6 Å². The summed E-state index contributed by atoms with van der Waals surface area (Å²) in [6.45, 7) is 11.5. The van der Waals surface area contributed by atoms with Crippen LogP contribution < -0.4 is 10.1 Å². The monoisotopic (exact) mass is 269 g/mol. The van der Waals surface area contributed by atoms with Gasteiger partial charge < -0.3 is 10.1 Å². The molecule has 1 aromatic carbocycles. The fourth-order valence-corrected chi connectivity index (χ4v) is 1.90. The van der Waals surface area contributed by atoms with Gasteiger partial charge in [-0.15, -0.1) is 0 Å². The van der Waals surface area contributed by atoms with Crippen LogP contribution in [0.15, 0.2) is 18.2 Å². The van der Waals surface area contributed by atoms with Gasteiger partial charge in [0.1, 0.15) is 11.9 Å². The SMILES string of the molecule is Cc1cc(Cl)ccc1OC(CNC(C)C)C(C)C. The number of hydrogen-bond acceptors (Lipinski definition) is 2. The van der Waals surface area contributed by atoms with E-state index in [-0.39, 0.29) is 6.10 Å². The Morgan fingerprint density at radius 2 is 1.89 bits per heavy atom. The van der Waals surface area contributed by atoms with E-state index in [9.17, 15) is 0 Å². The Balaban J connectivity index is 2.70. The second-order valence-electron chi connectivity index (χ2n) is 5.37. The Kier molecular flexibility index (Phi) is 5.97. The van der Waals surface area contributed by atoms with E-state index in [1.165, 1.54) is 0 Å². The Labute approximate surface area is 116 Å². The van der Waals surface area contributed by atoms with E-state index in [1.54, 1.807) is 0 Å². The van der Waals surface area contributed by atoms with Crippen LogP contribution in [0.25, 0.3) is 0 Å². The third-order valence-electron chi connectivity index (χ3n) is 2.89. The van der Waals surface area contributed by atoms with Crippen molar-refractivity contribution >= 4 is 11.6 Å². The molecule has 0 amide bonds. The van der Waals surface area contributed by atoms with Crippen LogP contribution in [0.3, 0.4) is 0 Å². The largest absolute Gasteiger partial charge is 0.489 e. The molecule has 0 spiro atoms. The number of nitrogens with one attached hydrogen (secondary N) is 1. The molecule has 18 heavy (non-hydrogen) atoms. The molecule has 0 aromatic heterocycles. The average Bonchev–Trinajstić information content (AvgIpc) is 2.26. The van der Waals surface area contributed by atoms with Crippen LogP contribution in [0.4, 0.5) is 0 Å². The van der Waals surface area contributed by atoms with E-state index >= 15 is 0 Å². The fourth-order valence-electron chi connectivity index (χ4n) is 1.67. The average molecular weight is 270 g/mol. The molecular formula is C15H24ClNO. The van der Waals surface area contributed by atoms with Crippen LogP contribution in [0.5, 0.6) is 5.75 Å². The summed E-state index contributed by atoms with van der Waals surface area (Å²) in [5.74, 6) is 1.38. The lowest BCUT2D eigenvalue weighted by Crippen LogP contribution is -2.38. The minimum atomic E-state index is 0.173. The maximum Gasteiger partial charge on any atom is 0.122 e. The molecule has 0 saturated heterocycles. The molecule has 3 heteroatoms. The van der Waals surface area contributed by atoms with E-state index in [0.29, 0.717) is 12.0 Å². The molecular weight excluding hydrogens is 246 g/mol. The molecule has 102 valence electrons. The van der Waals surface area contributed by atoms with Crippen molar-refractivity contribution in [2.45, 2.75) is 46.8 Å². The lowest BCUT2D eigenvalue weighted by molar-refractivity contribution is 0.145. The van der Waals surface area contributed by atoms with Crippen molar-refractivity contribution in [3.05, 3.63) is 28.8 Å². The van der Waals surface area contributed by atoms with Crippen LogP contribution in [-0.2, 0) is 0 Å². The Hall–Kier alpha value is -0.730. The maximum absolute atomic E-state index is 6.09. The molecule has 0 saturated carbocycles. The number of aryl methyl sites for hydroxylation is 1. The predicted octanol–water partition coefficient (Wildman–Crippen LogP) is 4.05. The number of benzene rings is 1. The van der Waals surface area contributed by atoms with Gasteiger partial charge in [-0.3, -0.25) is 0 Å². The molecule has 0 aliphatic carbocycles. The molecule has 0 aliphatic heterocycles. The maximum atomic E-state index is 6.09. The van der Waals surface area contributed by atoms with Gasteiger partial charge in [-0.1, -0.05) is 39.3 Å². The molecule has 0 radical (unpaired) electrons. The van der Waals surface area contributed by atoms with Crippen molar-refractivity contribution in [1.82, 2.24) is 5.32 Å². The highest BCUT2D eigenvalue weighted by atomic mass is 35.5. The van der Waals surface area contributed by atoms with E-state index in [4.69, 9.17) is 16.3 Å². The molecule has 1 rings (SSSR count). The summed E-state index contributed by atoms with van der Waals surface area (Å²) in [5, 5.41) is 4.18. The zero-order chi connectivity index (χ0) is 13.7. The molecule has 1 N–H and O–H groups in total. The van der Waals surface area contributed by atoms with Gasteiger partial charge in [0, 0.05) is 17.6 Å². The highest BCUT2D eigenvalue weighted by Gasteiger charge is 2.16. The van der Waals surface area contributed by atoms with Crippen molar-refractivity contribution in [3.8, 4) is 5.75 Å². The highest BCUT2D eigenvalue weighted by Crippen LogP contribution is 2.24. The van der Waals surface area contributed by atoms with Gasteiger partial charge in [-0.2, -0.15) is 0 Å². The normalized spacial score (nSPS) is 13.1. The number of rotatable bonds is 6. The summed E-state index contributed by atoms with van der Waals surface area (Å²) in [6, 6.07) is 6.23. The standard InChI is InChI=1S/C15H24ClNO/c1-10(2)15(9-17-11(3)4)18-14-7-6-13(16)8-12(14)5/h6-8,10-11,15,17H,9H2,1-5H3. The van der Waals surface area contributed by atoms with Crippen LogP contribution in [0.2, 0.25) is 5.02 Å². The second kappa shape index (κ2) is 7.01. The summed E-state index contributed by atoms with van der Waals surface area (Å²) in [5.41, 5.74) is 1.08. The first kappa shape index (κ1) is 15.3. The first-order valence-corrected chi connectivity index (χ1v) is 6.94. The zero-order valence-corrected chi connectivity index (χ0v) is 12.7. The summed E-state index contributed by atoms with van der Waals surface area (Å²) in [7, 11) is 0. The van der Waals surface area contributed by atoms with Crippen LogP contribution in [0.1, 0.15) is 33.3 Å². The lowest BCUT2D eigenvalue weighted by Gasteiger charge is -2.25. The zero-order valence-electron chi connectivity index (χ0n) is 12.0. The highest BCUT2D eigenvalue weighted by molar-refractivity contribution is 6.30. The van der Waals surface area contributed by atoms with E-state index in [2.05, 4.69) is 33.0 Å². The number of ether oxygens (including phenoxy) is 1. The van der Waals surface area contributed by atoms with Gasteiger partial charge in [0.15, 0.2) is 0 Å². The molecule has 2 nitrogen and oxygen atoms in total. The molecule has 0 bridgehead atoms. The van der Waals surface area contributed by atoms with E-state index < -0.39 is 0 Å². The van der Waals surface area contributed by atoms with E-state index in [1.807, 2.05) is 25.1 Å². The van der Waals surface area contributed by atoms with E-state index in [0.717, 1.165) is 22.9 Å². The van der Waals surface area contributed by atoms with Gasteiger partial charge in [0.25, 0.3) is 0 Å². The summed E-state index contributed by atoms with van der Waals surface area (Å²) in [6.07, 6.45) is 0.173. The number of halogens is 1. The smallest absolute Gasteiger partial charge is 0.122 e. The molecule has 0 fully saturated rings. The quantitative estimate of drug-likeness (QED) is 0.841. The number of hydrogen-bond donors (Lipinski definition) is 1. The second-order valence-corrected chi connectivity index (χ2v) is 5.81. The van der Waals surface area contributed by atoms with Crippen molar-refractivity contribution in [2.75, 3.05) is 6.54 Å². The summed E-state index contributed by atoms with van der Waals surface area (Å²) >= 11 is 5.95. The lowest BCUT2D eigenvalue weighted by atomic mass is 10.1. The molecule has 1 atom stereocenters. The van der Waals surface area contributed by atoms with Crippen molar-refractivity contribution in [3.63, 3.8) is 0 Å². The van der Waals surface area contributed by atoms with Gasteiger partial charge in [0.2, 0.25) is 0 Å². The van der Waals surface area contributed by atoms with Gasteiger partial charge in [-0.25, -0.2) is 0 Å². The topological polar surface area (TPSA) is 21.3 Å². The molecule has 1 aromatic rings. The Bertz CT molecular complexity index is 377. The predicted molar refractivity (Wildman–Crippen MR) is 78.6 cm³/mol. The van der Waals surface area contributed by atoms with Gasteiger partial charge >= 0.3 is 0 Å². The minimum absolute atomic E-state index is 0.173. The van der Waals surface area contributed by atoms with Crippen LogP contribution in [0, 0.1) is 12.8 Å². The summed E-state index contributed by atoms with van der Waals surface area (Å²) in [4.78, 5) is 0. The first-order valence-electron chi connectivity index (χ1n) is 6.56. The minimum Gasteiger partial charge on any atom is -0.489 e. The first-order chi connectivity index (χ1) is 8.40. The summed E-state index contributed by atoms with van der Waals surface area (Å²) < 4.78 is 6.09. The van der Waals surface area contributed by atoms with Crippen molar-refractivity contribution in [2.24, 2.45) is 5.92 Å². The van der Waals surface area contributed by atoms with Crippen LogP contribution in [-0.4, -0.2) is 18.7 Å². The van der Waals surface area contributed by atoms with Gasteiger partial charge in [0.05, 0.1) is 0 Å². The third kappa shape index (κ3) is 4.87. The molecule has 0 heterocycles. The third-order valence-corrected chi connectivity index (χ3v) is 3.12. The molecule has 0 aliphatic rings.